The zero-order valence-electron chi connectivity index (χ0n) is 36.9. The van der Waals surface area contributed by atoms with E-state index in [1.165, 1.54) is 0 Å². The molecule has 0 rings (SSSR count). The second-order valence-corrected chi connectivity index (χ2v) is 16.1. The predicted octanol–water partition coefficient (Wildman–Crippen LogP) is 0.827. The zero-order chi connectivity index (χ0) is 47.0. The van der Waals surface area contributed by atoms with Crippen LogP contribution in [0.5, 0.6) is 0 Å². The number of carboxylic acid groups (broad SMARTS) is 5. The summed E-state index contributed by atoms with van der Waals surface area (Å²) in [5, 5.41) is 47.4. The Morgan fingerprint density at radius 3 is 0.557 bits per heavy atom. The van der Waals surface area contributed by atoms with Crippen LogP contribution in [0.3, 0.4) is 0 Å². The first kappa shape index (κ1) is 72.3. The average Bonchev–Trinajstić information content (AvgIpc) is 3.20. The van der Waals surface area contributed by atoms with Gasteiger partial charge in [0.2, 0.25) is 0 Å². The Labute approximate surface area is 411 Å². The molecule has 360 valence electrons. The molecule has 0 bridgehead atoms. The van der Waals surface area contributed by atoms with E-state index in [0.29, 0.717) is 98.2 Å². The molecule has 0 aromatic carbocycles. The number of hydrogen-bond acceptors (Lipinski definition) is 20. The van der Waals surface area contributed by atoms with E-state index in [-0.39, 0.29) is 24.4 Å². The number of thiol groups is 5. The van der Waals surface area contributed by atoms with E-state index in [9.17, 15) is 49.5 Å². The van der Waals surface area contributed by atoms with E-state index < -0.39 is 56.1 Å². The second-order valence-electron chi connectivity index (χ2n) is 12.9. The van der Waals surface area contributed by atoms with Gasteiger partial charge in [-0.25, -0.2) is 0 Å². The van der Waals surface area contributed by atoms with Crippen LogP contribution in [0.2, 0.25) is 0 Å². The maximum atomic E-state index is 10.2. The fourth-order valence-electron chi connectivity index (χ4n) is 3.31. The Morgan fingerprint density at radius 1 is 0.328 bits per heavy atom. The van der Waals surface area contributed by atoms with Gasteiger partial charge >= 0.3 is 24.4 Å². The molecule has 0 aliphatic heterocycles. The summed E-state index contributed by atoms with van der Waals surface area (Å²) in [5.41, 5.74) is 0. The van der Waals surface area contributed by atoms with Crippen molar-refractivity contribution in [2.45, 2.75) is 157 Å². The summed E-state index contributed by atoms with van der Waals surface area (Å²) in [4.78, 5) is 50.9. The molecule has 5 unspecified atom stereocenters. The van der Waals surface area contributed by atoms with Gasteiger partial charge in [-0.15, -0.1) is 0 Å². The topological polar surface area (TPSA) is 247 Å². The van der Waals surface area contributed by atoms with Gasteiger partial charge in [-0.1, -0.05) is 66.7 Å². The van der Waals surface area contributed by atoms with Gasteiger partial charge in [-0.3, -0.25) is 0 Å². The van der Waals surface area contributed by atoms with Crippen molar-refractivity contribution >= 4 is 117 Å². The van der Waals surface area contributed by atoms with Crippen LogP contribution in [-0.2, 0) is 47.7 Å². The average molecular weight is 1080 g/mol. The van der Waals surface area contributed by atoms with Crippen molar-refractivity contribution in [2.75, 3.05) is 66.1 Å². The first-order valence-corrected chi connectivity index (χ1v) is 23.3. The minimum atomic E-state index is -1.13. The molecule has 5 atom stereocenters. The first-order valence-electron chi connectivity index (χ1n) is 20.7. The molecule has 61 heavy (non-hydrogen) atoms. The van der Waals surface area contributed by atoms with E-state index in [2.05, 4.69) is 97.8 Å². The van der Waals surface area contributed by atoms with Crippen LogP contribution in [0.25, 0.3) is 0 Å². The monoisotopic (exact) mass is 1080 g/mol. The molecular weight excluding hydrogens is 1000 g/mol. The summed E-state index contributed by atoms with van der Waals surface area (Å²) in [6, 6.07) is 0. The number of unbranched alkanes of at least 4 members (excludes halogenated alkanes) is 5. The van der Waals surface area contributed by atoms with Crippen molar-refractivity contribution in [3.8, 4) is 0 Å². The summed E-state index contributed by atoms with van der Waals surface area (Å²) in [7, 11) is 0. The van der Waals surface area contributed by atoms with Crippen molar-refractivity contribution in [2.24, 2.45) is 0 Å². The molecular formula is C40H75O15S5Sb. The van der Waals surface area contributed by atoms with Crippen LogP contribution in [0, 0.1) is 0 Å². The summed E-state index contributed by atoms with van der Waals surface area (Å²) < 4.78 is 25.8. The van der Waals surface area contributed by atoms with Crippen LogP contribution in [0.4, 0.5) is 0 Å². The maximum absolute atomic E-state index is 10.2. The fourth-order valence-corrected chi connectivity index (χ4v) is 3.83. The minimum absolute atomic E-state index is 0. The number of carboxylic acids is 5. The van der Waals surface area contributed by atoms with E-state index >= 15 is 0 Å². The van der Waals surface area contributed by atoms with Crippen LogP contribution in [0.1, 0.15) is 131 Å². The third-order valence-corrected chi connectivity index (χ3v) is 9.59. The van der Waals surface area contributed by atoms with Crippen molar-refractivity contribution < 1.29 is 73.2 Å². The van der Waals surface area contributed by atoms with Gasteiger partial charge in [0.05, 0.1) is 29.8 Å². The van der Waals surface area contributed by atoms with E-state index in [0.717, 1.165) is 64.2 Å². The molecule has 0 aliphatic carbocycles. The number of carbonyl (C=O) groups is 5. The van der Waals surface area contributed by atoms with Crippen LogP contribution in [0.15, 0.2) is 0 Å². The first-order chi connectivity index (χ1) is 28.4. The Morgan fingerprint density at radius 2 is 0.459 bits per heavy atom. The fraction of sp³-hybridized carbons (Fsp3) is 0.875. The smallest absolute Gasteiger partial charge is 0.549 e. The molecule has 0 radical (unpaired) electrons. The van der Waals surface area contributed by atoms with Crippen LogP contribution >= 0.6 is 63.1 Å². The SMILES string of the molecule is CCCCOCCC(S)C(=O)[O-].CCCCOCCC(S)C(=O)[O-].CCCCOCCC(S)C(=O)[O-].CCCCOCCC(S)C(=O)[O-].CCCCOCCC(S)C(=O)[O-].[Sb+5]. The van der Waals surface area contributed by atoms with Crippen LogP contribution < -0.4 is 25.5 Å². The van der Waals surface area contributed by atoms with E-state index in [1.807, 2.05) is 0 Å². The van der Waals surface area contributed by atoms with Crippen molar-refractivity contribution in [1.29, 1.82) is 0 Å². The Hall–Kier alpha value is -0.282. The van der Waals surface area contributed by atoms with Gasteiger partial charge in [0.25, 0.3) is 0 Å². The molecule has 0 spiro atoms. The Bertz CT molecular complexity index is 819. The van der Waals surface area contributed by atoms with Gasteiger partial charge in [0.15, 0.2) is 0 Å². The Kier molecular flexibility index (Phi) is 68.5. The zero-order valence-corrected chi connectivity index (χ0v) is 43.9. The van der Waals surface area contributed by atoms with Crippen molar-refractivity contribution in [3.63, 3.8) is 0 Å². The van der Waals surface area contributed by atoms with Gasteiger partial charge < -0.3 is 73.2 Å². The molecule has 0 fully saturated rings. The second kappa shape index (κ2) is 57.7. The van der Waals surface area contributed by atoms with E-state index in [4.69, 9.17) is 23.7 Å². The number of rotatable bonds is 35. The molecule has 15 nitrogen and oxygen atoms in total. The standard InChI is InChI=1S/5C8H16O3S.Sb/c5*1-2-3-5-11-6-4-7(12)8(9)10;/h5*7,12H,2-6H2,1H3,(H,9,10);/q;;;;;+5/p-5. The number of ether oxygens (including phenoxy) is 5. The summed E-state index contributed by atoms with van der Waals surface area (Å²) in [5.74, 6) is -5.64. The van der Waals surface area contributed by atoms with Crippen LogP contribution in [-0.4, -0.2) is 147 Å². The molecule has 0 aliphatic rings. The molecule has 0 aromatic heterocycles. The summed E-state index contributed by atoms with van der Waals surface area (Å²) in [6.45, 7) is 16.1. The maximum Gasteiger partial charge on any atom is 5.00 e. The van der Waals surface area contributed by atoms with Crippen molar-refractivity contribution in [3.05, 3.63) is 0 Å². The summed E-state index contributed by atoms with van der Waals surface area (Å²) >= 11 is 19.0. The minimum Gasteiger partial charge on any atom is -0.549 e. The summed E-state index contributed by atoms with van der Waals surface area (Å²) in [6.07, 6.45) is 12.6. The van der Waals surface area contributed by atoms with E-state index in [1.54, 1.807) is 0 Å². The molecule has 0 N–H and O–H groups in total. The quantitative estimate of drug-likeness (QED) is 0.0335. The molecule has 0 amide bonds. The third-order valence-electron chi connectivity index (χ3n) is 7.25. The molecule has 0 heterocycles. The molecule has 0 aromatic rings. The predicted molar refractivity (Wildman–Crippen MR) is 246 cm³/mol. The number of carbonyl (C=O) groups excluding carboxylic acids is 5. The molecule has 21 heteroatoms. The number of hydrogen-bond donors (Lipinski definition) is 5. The van der Waals surface area contributed by atoms with Gasteiger partial charge in [0.1, 0.15) is 0 Å². The number of aliphatic carboxylic acids is 5. The van der Waals surface area contributed by atoms with Gasteiger partial charge in [0, 0.05) is 92.3 Å². The van der Waals surface area contributed by atoms with Crippen molar-refractivity contribution in [1.82, 2.24) is 0 Å². The largest absolute Gasteiger partial charge is 5.00 e. The molecule has 0 saturated heterocycles. The Balaban J connectivity index is -0.000000154. The normalized spacial score (nSPS) is 12.6. The van der Waals surface area contributed by atoms with Gasteiger partial charge in [-0.2, -0.15) is 63.1 Å². The molecule has 0 saturated carbocycles. The van der Waals surface area contributed by atoms with Gasteiger partial charge in [-0.05, 0) is 64.2 Å². The third kappa shape index (κ3) is 66.4.